The number of imide groups is 1. The molecule has 8 nitrogen and oxygen atoms in total. The van der Waals surface area contributed by atoms with Crippen LogP contribution in [0.15, 0.2) is 43.0 Å². The molecule has 2 fully saturated rings. The van der Waals surface area contributed by atoms with Crippen molar-refractivity contribution in [2.75, 3.05) is 24.5 Å². The maximum Gasteiger partial charge on any atom is 0.329 e. The first-order valence-electron chi connectivity index (χ1n) is 9.06. The van der Waals surface area contributed by atoms with Gasteiger partial charge in [-0.3, -0.25) is 19.8 Å². The Kier molecular flexibility index (Phi) is 4.62. The fraction of sp³-hybridized carbons (Fsp3) is 0.368. The van der Waals surface area contributed by atoms with Crippen molar-refractivity contribution in [3.05, 3.63) is 48.5 Å². The Labute approximate surface area is 156 Å². The highest BCUT2D eigenvalue weighted by atomic mass is 16.2. The summed E-state index contributed by atoms with van der Waals surface area (Å²) in [5.41, 5.74) is 1.19. The number of carbonyl (C=O) groups is 3. The number of hydrogen-bond acceptors (Lipinski definition) is 4. The van der Waals surface area contributed by atoms with E-state index in [-0.39, 0.29) is 18.4 Å². The molecule has 0 spiro atoms. The van der Waals surface area contributed by atoms with E-state index in [0.717, 1.165) is 32.5 Å². The lowest BCUT2D eigenvalue weighted by Gasteiger charge is -2.33. The van der Waals surface area contributed by atoms with Crippen LogP contribution in [0, 0.1) is 5.92 Å². The lowest BCUT2D eigenvalue weighted by molar-refractivity contribution is -0.117. The molecule has 0 bridgehead atoms. The molecular formula is C19H21N5O3. The van der Waals surface area contributed by atoms with Gasteiger partial charge in [0.2, 0.25) is 5.91 Å². The zero-order chi connectivity index (χ0) is 18.8. The highest BCUT2D eigenvalue weighted by molar-refractivity contribution is 6.12. The van der Waals surface area contributed by atoms with E-state index in [1.807, 2.05) is 11.1 Å². The molecule has 4 rings (SSSR count). The molecule has 1 aromatic carbocycles. The van der Waals surface area contributed by atoms with Crippen LogP contribution < -0.4 is 10.2 Å². The van der Waals surface area contributed by atoms with Gasteiger partial charge in [0.05, 0.1) is 6.33 Å². The minimum atomic E-state index is -0.433. The van der Waals surface area contributed by atoms with Gasteiger partial charge in [-0.15, -0.1) is 0 Å². The van der Waals surface area contributed by atoms with Crippen molar-refractivity contribution in [3.8, 4) is 0 Å². The summed E-state index contributed by atoms with van der Waals surface area (Å²) in [6, 6.07) is 6.41. The molecular weight excluding hydrogens is 346 g/mol. The number of hydrogen-bond donors (Lipinski definition) is 1. The molecule has 1 atom stereocenters. The third-order valence-corrected chi connectivity index (χ3v) is 5.05. The van der Waals surface area contributed by atoms with Gasteiger partial charge in [0.15, 0.2) is 0 Å². The molecule has 0 radical (unpaired) electrons. The second kappa shape index (κ2) is 7.22. The first-order chi connectivity index (χ1) is 13.1. The first kappa shape index (κ1) is 17.3. The number of nitrogens with zero attached hydrogens (tertiary/aromatic N) is 4. The third kappa shape index (κ3) is 3.69. The fourth-order valence-electron chi connectivity index (χ4n) is 3.71. The number of nitrogens with one attached hydrogen (secondary N) is 1. The summed E-state index contributed by atoms with van der Waals surface area (Å²) in [6.07, 6.45) is 7.59. The van der Waals surface area contributed by atoms with Gasteiger partial charge in [0.1, 0.15) is 6.54 Å². The van der Waals surface area contributed by atoms with Gasteiger partial charge in [-0.25, -0.2) is 9.78 Å². The van der Waals surface area contributed by atoms with Gasteiger partial charge in [-0.05, 0) is 43.0 Å². The summed E-state index contributed by atoms with van der Waals surface area (Å²) >= 11 is 0. The number of aromatic nitrogens is 2. The Morgan fingerprint density at radius 1 is 1.22 bits per heavy atom. The van der Waals surface area contributed by atoms with Crippen LogP contribution in [0.25, 0.3) is 0 Å². The molecule has 2 aliphatic heterocycles. The van der Waals surface area contributed by atoms with E-state index < -0.39 is 6.03 Å². The van der Waals surface area contributed by atoms with Crippen molar-refractivity contribution < 1.29 is 14.4 Å². The highest BCUT2D eigenvalue weighted by Crippen LogP contribution is 2.22. The van der Waals surface area contributed by atoms with Crippen LogP contribution in [0.2, 0.25) is 0 Å². The number of imidazole rings is 1. The number of urea groups is 1. The molecule has 2 saturated heterocycles. The molecule has 2 aliphatic rings. The van der Waals surface area contributed by atoms with Crippen LogP contribution >= 0.6 is 0 Å². The SMILES string of the molecule is O=C1CN(c2ccc(C(=O)N3CCC[C@H](Cn4ccnc4)C3)cc2)C(=O)N1. The predicted molar refractivity (Wildman–Crippen MR) is 98.2 cm³/mol. The van der Waals surface area contributed by atoms with Crippen molar-refractivity contribution in [1.82, 2.24) is 19.8 Å². The van der Waals surface area contributed by atoms with Gasteiger partial charge in [-0.1, -0.05) is 0 Å². The first-order valence-corrected chi connectivity index (χ1v) is 9.06. The van der Waals surface area contributed by atoms with Gasteiger partial charge < -0.3 is 9.47 Å². The molecule has 0 saturated carbocycles. The maximum absolute atomic E-state index is 12.9. The van der Waals surface area contributed by atoms with E-state index in [9.17, 15) is 14.4 Å². The average molecular weight is 367 g/mol. The number of anilines is 1. The van der Waals surface area contributed by atoms with E-state index in [1.165, 1.54) is 4.90 Å². The monoisotopic (exact) mass is 367 g/mol. The van der Waals surface area contributed by atoms with Crippen LogP contribution in [0.3, 0.4) is 0 Å². The van der Waals surface area contributed by atoms with Gasteiger partial charge in [-0.2, -0.15) is 0 Å². The maximum atomic E-state index is 12.9. The third-order valence-electron chi connectivity index (χ3n) is 5.05. The predicted octanol–water partition coefficient (Wildman–Crippen LogP) is 1.49. The molecule has 0 unspecified atom stereocenters. The molecule has 2 aromatic rings. The number of benzene rings is 1. The van der Waals surface area contributed by atoms with E-state index in [0.29, 0.717) is 17.2 Å². The van der Waals surface area contributed by atoms with Crippen molar-refractivity contribution in [3.63, 3.8) is 0 Å². The number of piperidine rings is 1. The zero-order valence-corrected chi connectivity index (χ0v) is 14.9. The van der Waals surface area contributed by atoms with Crippen LogP contribution in [0.5, 0.6) is 0 Å². The molecule has 1 aromatic heterocycles. The molecule has 1 N–H and O–H groups in total. The van der Waals surface area contributed by atoms with Gasteiger partial charge in [0.25, 0.3) is 5.91 Å². The van der Waals surface area contributed by atoms with Crippen LogP contribution in [-0.2, 0) is 11.3 Å². The number of likely N-dealkylation sites (tertiary alicyclic amines) is 1. The van der Waals surface area contributed by atoms with Crippen molar-refractivity contribution in [1.29, 1.82) is 0 Å². The minimum Gasteiger partial charge on any atom is -0.338 e. The Balaban J connectivity index is 1.41. The largest absolute Gasteiger partial charge is 0.338 e. The Bertz CT molecular complexity index is 847. The van der Waals surface area contributed by atoms with Crippen LogP contribution in [0.1, 0.15) is 23.2 Å². The summed E-state index contributed by atoms with van der Waals surface area (Å²) in [6.45, 7) is 2.35. The topological polar surface area (TPSA) is 87.5 Å². The molecule has 27 heavy (non-hydrogen) atoms. The molecule has 8 heteroatoms. The molecule has 140 valence electrons. The van der Waals surface area contributed by atoms with E-state index in [1.54, 1.807) is 36.8 Å². The number of rotatable bonds is 4. The zero-order valence-electron chi connectivity index (χ0n) is 14.9. The number of carbonyl (C=O) groups excluding carboxylic acids is 3. The fourth-order valence-corrected chi connectivity index (χ4v) is 3.71. The summed E-state index contributed by atoms with van der Waals surface area (Å²) in [7, 11) is 0. The van der Waals surface area contributed by atoms with Gasteiger partial charge in [0, 0.05) is 43.3 Å². The average Bonchev–Trinajstić information content (AvgIpc) is 3.30. The summed E-state index contributed by atoms with van der Waals surface area (Å²) < 4.78 is 2.05. The second-order valence-corrected chi connectivity index (χ2v) is 7.01. The minimum absolute atomic E-state index is 0.00108. The van der Waals surface area contributed by atoms with E-state index in [4.69, 9.17) is 0 Å². The number of amides is 4. The Hall–Kier alpha value is -3.16. The van der Waals surface area contributed by atoms with E-state index >= 15 is 0 Å². The second-order valence-electron chi connectivity index (χ2n) is 7.01. The summed E-state index contributed by atoms with van der Waals surface area (Å²) in [5.74, 6) is 0.0896. The Morgan fingerprint density at radius 3 is 2.70 bits per heavy atom. The molecule has 0 aliphatic carbocycles. The van der Waals surface area contributed by atoms with Crippen molar-refractivity contribution >= 4 is 23.5 Å². The smallest absolute Gasteiger partial charge is 0.329 e. The van der Waals surface area contributed by atoms with Crippen molar-refractivity contribution in [2.24, 2.45) is 5.92 Å². The summed E-state index contributed by atoms with van der Waals surface area (Å²) in [4.78, 5) is 43.2. The summed E-state index contributed by atoms with van der Waals surface area (Å²) in [5, 5.41) is 2.24. The normalized spacial score (nSPS) is 20.1. The molecule has 3 heterocycles. The lowest BCUT2D eigenvalue weighted by atomic mass is 9.97. The lowest BCUT2D eigenvalue weighted by Crippen LogP contribution is -2.41. The van der Waals surface area contributed by atoms with Crippen LogP contribution in [-0.4, -0.2) is 51.9 Å². The van der Waals surface area contributed by atoms with Gasteiger partial charge >= 0.3 is 6.03 Å². The quantitative estimate of drug-likeness (QED) is 0.830. The molecule has 4 amide bonds. The Morgan fingerprint density at radius 2 is 2.04 bits per heavy atom. The highest BCUT2D eigenvalue weighted by Gasteiger charge is 2.28. The van der Waals surface area contributed by atoms with E-state index in [2.05, 4.69) is 14.9 Å². The standard InChI is InChI=1S/C19H21N5O3/c25-17-12-24(19(27)21-17)16-5-3-15(4-6-16)18(26)23-8-1-2-14(11-23)10-22-9-7-20-13-22/h3-7,9,13-14H,1-2,8,10-12H2,(H,21,25,27)/t14-/m1/s1. The van der Waals surface area contributed by atoms with Crippen molar-refractivity contribution in [2.45, 2.75) is 19.4 Å². The van der Waals surface area contributed by atoms with Crippen LogP contribution in [0.4, 0.5) is 10.5 Å².